The van der Waals surface area contributed by atoms with Crippen molar-refractivity contribution in [3.63, 3.8) is 0 Å². The first-order valence-corrected chi connectivity index (χ1v) is 6.89. The first-order valence-electron chi connectivity index (χ1n) is 6.89. The Balaban J connectivity index is 2.66. The second-order valence-electron chi connectivity index (χ2n) is 5.22. The van der Waals surface area contributed by atoms with Crippen LogP contribution in [0.15, 0.2) is 11.9 Å². The minimum atomic E-state index is -0.930. The number of nitrogens with zero attached hydrogens (tertiary/aromatic N) is 1. The van der Waals surface area contributed by atoms with Crippen LogP contribution in [0.4, 0.5) is 0 Å². The van der Waals surface area contributed by atoms with Gasteiger partial charge in [-0.15, -0.1) is 0 Å². The number of aliphatic hydroxyl groups excluding tert-OH is 2. The molecule has 1 heterocycles. The predicted octanol–water partition coefficient (Wildman–Crippen LogP) is -0.0925. The molecule has 1 fully saturated rings. The van der Waals surface area contributed by atoms with Crippen LogP contribution < -0.4 is 11.6 Å². The van der Waals surface area contributed by atoms with Crippen molar-refractivity contribution in [1.29, 1.82) is 0 Å². The Bertz CT molecular complexity index is 310. The maximum Gasteiger partial charge on any atom is 0.108 e. The number of hydrogen-bond donors (Lipinski definition) is 4. The van der Waals surface area contributed by atoms with Crippen LogP contribution in [0.5, 0.6) is 0 Å². The molecule has 0 amide bonds. The lowest BCUT2D eigenvalue weighted by atomic mass is 9.87. The van der Waals surface area contributed by atoms with Gasteiger partial charge < -0.3 is 25.7 Å². The van der Waals surface area contributed by atoms with Crippen molar-refractivity contribution in [2.24, 2.45) is 17.5 Å². The molecule has 0 aromatic rings. The molecule has 0 aromatic carbocycles. The molecule has 0 aliphatic carbocycles. The Morgan fingerprint density at radius 1 is 1.26 bits per heavy atom. The van der Waals surface area contributed by atoms with E-state index < -0.39 is 18.3 Å². The van der Waals surface area contributed by atoms with E-state index in [0.29, 0.717) is 18.7 Å². The lowest BCUT2D eigenvalue weighted by molar-refractivity contribution is -0.199. The largest absolute Gasteiger partial charge is 0.401 e. The van der Waals surface area contributed by atoms with Gasteiger partial charge in [0.25, 0.3) is 0 Å². The summed E-state index contributed by atoms with van der Waals surface area (Å²) in [7, 11) is 0. The molecular formula is C13H27N3O3. The van der Waals surface area contributed by atoms with Crippen LogP contribution in [-0.2, 0) is 4.74 Å². The van der Waals surface area contributed by atoms with E-state index in [1.165, 1.54) is 5.01 Å². The van der Waals surface area contributed by atoms with Gasteiger partial charge >= 0.3 is 0 Å². The van der Waals surface area contributed by atoms with Crippen molar-refractivity contribution in [2.45, 2.75) is 58.0 Å². The fraction of sp³-hybridized carbons (Fsp3) is 0.846. The van der Waals surface area contributed by atoms with Gasteiger partial charge in [-0.2, -0.15) is 0 Å². The summed E-state index contributed by atoms with van der Waals surface area (Å²) >= 11 is 0. The van der Waals surface area contributed by atoms with E-state index in [1.807, 2.05) is 20.8 Å². The van der Waals surface area contributed by atoms with Gasteiger partial charge in [0.15, 0.2) is 0 Å². The number of rotatable bonds is 5. The molecule has 1 rings (SSSR count). The van der Waals surface area contributed by atoms with E-state index in [-0.39, 0.29) is 12.0 Å². The van der Waals surface area contributed by atoms with E-state index in [2.05, 4.69) is 0 Å². The number of ether oxygens (including phenoxy) is 1. The second kappa shape index (κ2) is 7.09. The number of hydrogen-bond acceptors (Lipinski definition) is 6. The minimum Gasteiger partial charge on any atom is -0.401 e. The summed E-state index contributed by atoms with van der Waals surface area (Å²) in [5.41, 5.74) is 6.36. The standard InChI is InChI=1S/C13H27N3O3/c1-4-9(14)6-16(15)7-11-13(18)12(17)8(3)10(5-2)19-11/h6,8,10-13,17-18H,4-5,7,14-15H2,1-3H3/b9-6-. The van der Waals surface area contributed by atoms with Crippen LogP contribution in [0.3, 0.4) is 0 Å². The molecule has 5 unspecified atom stereocenters. The first-order chi connectivity index (χ1) is 8.90. The van der Waals surface area contributed by atoms with Crippen molar-refractivity contribution in [2.75, 3.05) is 6.54 Å². The molecule has 112 valence electrons. The number of aliphatic hydroxyl groups is 2. The van der Waals surface area contributed by atoms with E-state index >= 15 is 0 Å². The average Bonchev–Trinajstić information content (AvgIpc) is 2.39. The maximum absolute atomic E-state index is 10.1. The van der Waals surface area contributed by atoms with Crippen molar-refractivity contribution < 1.29 is 14.9 Å². The second-order valence-corrected chi connectivity index (χ2v) is 5.22. The number of nitrogens with two attached hydrogens (primary N) is 2. The maximum atomic E-state index is 10.1. The molecule has 0 aromatic heterocycles. The highest BCUT2D eigenvalue weighted by atomic mass is 16.5. The molecule has 1 aliphatic rings. The summed E-state index contributed by atoms with van der Waals surface area (Å²) in [5, 5.41) is 21.5. The molecule has 6 heteroatoms. The molecule has 0 bridgehead atoms. The van der Waals surface area contributed by atoms with Crippen LogP contribution in [-0.4, -0.2) is 46.2 Å². The van der Waals surface area contributed by atoms with Crippen molar-refractivity contribution in [1.82, 2.24) is 5.01 Å². The zero-order valence-corrected chi connectivity index (χ0v) is 12.0. The highest BCUT2D eigenvalue weighted by Gasteiger charge is 2.41. The lowest BCUT2D eigenvalue weighted by Gasteiger charge is -2.42. The van der Waals surface area contributed by atoms with Gasteiger partial charge in [0.2, 0.25) is 0 Å². The van der Waals surface area contributed by atoms with Crippen LogP contribution in [0, 0.1) is 5.92 Å². The fourth-order valence-electron chi connectivity index (χ4n) is 2.36. The minimum absolute atomic E-state index is 0.0655. The molecule has 19 heavy (non-hydrogen) atoms. The van der Waals surface area contributed by atoms with Crippen molar-refractivity contribution in [3.8, 4) is 0 Å². The molecule has 6 N–H and O–H groups in total. The lowest BCUT2D eigenvalue weighted by Crippen LogP contribution is -2.56. The van der Waals surface area contributed by atoms with E-state index in [0.717, 1.165) is 6.42 Å². The Morgan fingerprint density at radius 3 is 2.42 bits per heavy atom. The van der Waals surface area contributed by atoms with Crippen molar-refractivity contribution >= 4 is 0 Å². The van der Waals surface area contributed by atoms with E-state index in [4.69, 9.17) is 16.3 Å². The van der Waals surface area contributed by atoms with Gasteiger partial charge in [-0.05, 0) is 12.8 Å². The summed E-state index contributed by atoms with van der Waals surface area (Å²) in [6.07, 6.45) is 0.829. The van der Waals surface area contributed by atoms with Gasteiger partial charge in [-0.1, -0.05) is 20.8 Å². The Kier molecular flexibility index (Phi) is 6.06. The Hall–Kier alpha value is -0.820. The van der Waals surface area contributed by atoms with Crippen LogP contribution in [0.2, 0.25) is 0 Å². The topological polar surface area (TPSA) is 105 Å². The van der Waals surface area contributed by atoms with Gasteiger partial charge in [0, 0.05) is 17.8 Å². The SMILES string of the molecule is CC/C(N)=C/N(N)CC1OC(CC)C(C)C(O)C1O. The predicted molar refractivity (Wildman–Crippen MR) is 73.6 cm³/mol. The van der Waals surface area contributed by atoms with Crippen molar-refractivity contribution in [3.05, 3.63) is 11.9 Å². The van der Waals surface area contributed by atoms with Crippen LogP contribution in [0.1, 0.15) is 33.6 Å². The molecule has 5 atom stereocenters. The summed E-state index contributed by atoms with van der Waals surface area (Å²) in [6.45, 7) is 6.11. The van der Waals surface area contributed by atoms with E-state index in [9.17, 15) is 10.2 Å². The van der Waals surface area contributed by atoms with Crippen LogP contribution in [0.25, 0.3) is 0 Å². The third-order valence-corrected chi connectivity index (χ3v) is 3.74. The molecule has 0 radical (unpaired) electrons. The molecule has 6 nitrogen and oxygen atoms in total. The molecule has 1 saturated heterocycles. The molecule has 0 saturated carbocycles. The third-order valence-electron chi connectivity index (χ3n) is 3.74. The van der Waals surface area contributed by atoms with Gasteiger partial charge in [0.1, 0.15) is 12.2 Å². The highest BCUT2D eigenvalue weighted by Crippen LogP contribution is 2.27. The monoisotopic (exact) mass is 273 g/mol. The smallest absolute Gasteiger partial charge is 0.108 e. The first kappa shape index (κ1) is 16.2. The Labute approximate surface area is 115 Å². The zero-order valence-electron chi connectivity index (χ0n) is 12.0. The zero-order chi connectivity index (χ0) is 14.6. The highest BCUT2D eigenvalue weighted by molar-refractivity contribution is 4.96. The van der Waals surface area contributed by atoms with Gasteiger partial charge in [-0.25, -0.2) is 5.84 Å². The van der Waals surface area contributed by atoms with Gasteiger partial charge in [-0.3, -0.25) is 0 Å². The number of hydrazine groups is 1. The van der Waals surface area contributed by atoms with Crippen LogP contribution >= 0.6 is 0 Å². The molecular weight excluding hydrogens is 246 g/mol. The summed E-state index contributed by atoms with van der Waals surface area (Å²) in [5.74, 6) is 5.73. The Morgan fingerprint density at radius 2 is 1.89 bits per heavy atom. The third kappa shape index (κ3) is 4.07. The number of allylic oxidation sites excluding steroid dienone is 1. The molecule has 1 aliphatic heterocycles. The van der Waals surface area contributed by atoms with E-state index in [1.54, 1.807) is 6.20 Å². The summed E-state index contributed by atoms with van der Waals surface area (Å²) in [6, 6.07) is 0. The summed E-state index contributed by atoms with van der Waals surface area (Å²) in [4.78, 5) is 0. The average molecular weight is 273 g/mol. The molecule has 0 spiro atoms. The fourth-order valence-corrected chi connectivity index (χ4v) is 2.36. The summed E-state index contributed by atoms with van der Waals surface area (Å²) < 4.78 is 5.81. The van der Waals surface area contributed by atoms with Gasteiger partial charge in [0.05, 0.1) is 18.8 Å². The quantitative estimate of drug-likeness (QED) is 0.412. The normalized spacial score (nSPS) is 36.3.